The van der Waals surface area contributed by atoms with Gasteiger partial charge in [0.25, 0.3) is 5.91 Å². The highest BCUT2D eigenvalue weighted by Gasteiger charge is 2.19. The third-order valence-corrected chi connectivity index (χ3v) is 3.04. The van der Waals surface area contributed by atoms with Gasteiger partial charge in [0, 0.05) is 23.8 Å². The molecule has 1 heterocycles. The summed E-state index contributed by atoms with van der Waals surface area (Å²) in [6.07, 6.45) is 1.16. The lowest BCUT2D eigenvalue weighted by Crippen LogP contribution is -2.36. The molecule has 5 heteroatoms. The second-order valence-corrected chi connectivity index (χ2v) is 4.48. The Morgan fingerprint density at radius 2 is 2.33 bits per heavy atom. The highest BCUT2D eigenvalue weighted by molar-refractivity contribution is 6.01. The maximum atomic E-state index is 11.9. The Labute approximate surface area is 106 Å². The zero-order valence-corrected chi connectivity index (χ0v) is 10.3. The third kappa shape index (κ3) is 2.68. The normalized spacial score (nSPS) is 14.9. The Kier molecular flexibility index (Phi) is 3.62. The molecule has 0 aromatic heterocycles. The van der Waals surface area contributed by atoms with Crippen molar-refractivity contribution < 1.29 is 9.59 Å². The molecule has 5 nitrogen and oxygen atoms in total. The van der Waals surface area contributed by atoms with Crippen LogP contribution < -0.4 is 16.4 Å². The molecule has 0 saturated carbocycles. The zero-order valence-electron chi connectivity index (χ0n) is 10.3. The van der Waals surface area contributed by atoms with E-state index in [0.717, 1.165) is 17.7 Å². The fourth-order valence-electron chi connectivity index (χ4n) is 1.84. The summed E-state index contributed by atoms with van der Waals surface area (Å²) in [5, 5.41) is 5.51. The van der Waals surface area contributed by atoms with Crippen LogP contribution in [0.25, 0.3) is 0 Å². The van der Waals surface area contributed by atoms with Crippen LogP contribution in [0.3, 0.4) is 0 Å². The van der Waals surface area contributed by atoms with Crippen molar-refractivity contribution in [3.63, 3.8) is 0 Å². The molecule has 0 spiro atoms. The van der Waals surface area contributed by atoms with E-state index in [2.05, 4.69) is 10.6 Å². The zero-order chi connectivity index (χ0) is 13.1. The van der Waals surface area contributed by atoms with Gasteiger partial charge in [0.15, 0.2) is 0 Å². The first-order chi connectivity index (χ1) is 8.60. The molecule has 1 unspecified atom stereocenters. The number of benzene rings is 1. The van der Waals surface area contributed by atoms with Crippen LogP contribution in [0.4, 0.5) is 5.69 Å². The Bertz CT molecular complexity index is 485. The van der Waals surface area contributed by atoms with E-state index >= 15 is 0 Å². The minimum atomic E-state index is -0.152. The van der Waals surface area contributed by atoms with Crippen molar-refractivity contribution in [1.82, 2.24) is 5.32 Å². The second-order valence-electron chi connectivity index (χ2n) is 4.48. The van der Waals surface area contributed by atoms with E-state index in [1.54, 1.807) is 18.2 Å². The summed E-state index contributed by atoms with van der Waals surface area (Å²) in [7, 11) is 0. The van der Waals surface area contributed by atoms with Crippen LogP contribution in [0.1, 0.15) is 29.3 Å². The summed E-state index contributed by atoms with van der Waals surface area (Å²) >= 11 is 0. The smallest absolute Gasteiger partial charge is 0.251 e. The molecule has 0 saturated heterocycles. The first kappa shape index (κ1) is 12.6. The van der Waals surface area contributed by atoms with Crippen molar-refractivity contribution in [2.75, 3.05) is 11.9 Å². The molecule has 96 valence electrons. The number of nitrogens with two attached hydrogens (primary N) is 1. The van der Waals surface area contributed by atoms with Crippen LogP contribution in [0.5, 0.6) is 0 Å². The Morgan fingerprint density at radius 3 is 3.06 bits per heavy atom. The number of anilines is 1. The summed E-state index contributed by atoms with van der Waals surface area (Å²) in [4.78, 5) is 23.1. The average molecular weight is 247 g/mol. The number of rotatable bonds is 4. The van der Waals surface area contributed by atoms with Gasteiger partial charge >= 0.3 is 0 Å². The average Bonchev–Trinajstić information content (AvgIpc) is 2.74. The van der Waals surface area contributed by atoms with Gasteiger partial charge in [-0.2, -0.15) is 0 Å². The predicted molar refractivity (Wildman–Crippen MR) is 69.4 cm³/mol. The molecule has 18 heavy (non-hydrogen) atoms. The van der Waals surface area contributed by atoms with Crippen LogP contribution in [-0.4, -0.2) is 24.4 Å². The van der Waals surface area contributed by atoms with E-state index in [9.17, 15) is 9.59 Å². The predicted octanol–water partition coefficient (Wildman–Crippen LogP) is 0.648. The van der Waals surface area contributed by atoms with Crippen LogP contribution >= 0.6 is 0 Å². The molecule has 1 aliphatic heterocycles. The number of hydrogen-bond acceptors (Lipinski definition) is 3. The van der Waals surface area contributed by atoms with Crippen LogP contribution in [0, 0.1) is 0 Å². The van der Waals surface area contributed by atoms with Crippen LogP contribution in [0.15, 0.2) is 18.2 Å². The molecular formula is C13H17N3O2. The third-order valence-electron chi connectivity index (χ3n) is 3.04. The van der Waals surface area contributed by atoms with Crippen LogP contribution in [0.2, 0.25) is 0 Å². The highest BCUT2D eigenvalue weighted by atomic mass is 16.2. The van der Waals surface area contributed by atoms with Crippen molar-refractivity contribution in [3.05, 3.63) is 29.3 Å². The van der Waals surface area contributed by atoms with Crippen molar-refractivity contribution in [1.29, 1.82) is 0 Å². The fraction of sp³-hybridized carbons (Fsp3) is 0.385. The van der Waals surface area contributed by atoms with Gasteiger partial charge in [-0.25, -0.2) is 0 Å². The van der Waals surface area contributed by atoms with Gasteiger partial charge < -0.3 is 16.4 Å². The van der Waals surface area contributed by atoms with E-state index in [0.29, 0.717) is 18.5 Å². The molecule has 2 rings (SSSR count). The van der Waals surface area contributed by atoms with E-state index in [1.165, 1.54) is 0 Å². The number of carbonyl (C=O) groups is 2. The summed E-state index contributed by atoms with van der Waals surface area (Å²) in [5.74, 6) is -0.184. The van der Waals surface area contributed by atoms with Gasteiger partial charge in [-0.1, -0.05) is 6.92 Å². The van der Waals surface area contributed by atoms with Crippen LogP contribution in [-0.2, 0) is 11.2 Å². The first-order valence-corrected chi connectivity index (χ1v) is 6.06. The second kappa shape index (κ2) is 5.18. The molecule has 1 atom stereocenters. The minimum absolute atomic E-state index is 0.0216. The molecule has 1 aromatic rings. The van der Waals surface area contributed by atoms with Gasteiger partial charge in [0.2, 0.25) is 5.91 Å². The molecule has 2 amide bonds. The lowest BCUT2D eigenvalue weighted by Gasteiger charge is -2.10. The summed E-state index contributed by atoms with van der Waals surface area (Å²) in [6.45, 7) is 2.44. The first-order valence-electron chi connectivity index (χ1n) is 6.06. The molecule has 1 aliphatic rings. The summed E-state index contributed by atoms with van der Waals surface area (Å²) in [6, 6.07) is 5.19. The van der Waals surface area contributed by atoms with Gasteiger partial charge in [0.05, 0.1) is 6.42 Å². The van der Waals surface area contributed by atoms with Crippen molar-refractivity contribution in [3.8, 4) is 0 Å². The van der Waals surface area contributed by atoms with Gasteiger partial charge in [-0.15, -0.1) is 0 Å². The van der Waals surface area contributed by atoms with E-state index in [1.807, 2.05) is 6.92 Å². The number of nitrogens with one attached hydrogen (secondary N) is 2. The lowest BCUT2D eigenvalue weighted by atomic mass is 10.1. The Morgan fingerprint density at radius 1 is 1.56 bits per heavy atom. The van der Waals surface area contributed by atoms with E-state index in [-0.39, 0.29) is 17.9 Å². The molecular weight excluding hydrogens is 230 g/mol. The van der Waals surface area contributed by atoms with Gasteiger partial charge in [0.1, 0.15) is 0 Å². The lowest BCUT2D eigenvalue weighted by molar-refractivity contribution is -0.115. The monoisotopic (exact) mass is 247 g/mol. The van der Waals surface area contributed by atoms with Crippen molar-refractivity contribution >= 4 is 17.5 Å². The molecule has 0 fully saturated rings. The maximum Gasteiger partial charge on any atom is 0.251 e. The fourth-order valence-corrected chi connectivity index (χ4v) is 1.84. The van der Waals surface area contributed by atoms with Crippen molar-refractivity contribution in [2.45, 2.75) is 25.8 Å². The number of fused-ring (bicyclic) bond motifs is 1. The SMILES string of the molecule is CCC(N)CNC(=O)c1ccc2c(c1)CC(=O)N2. The molecule has 0 aliphatic carbocycles. The Hall–Kier alpha value is -1.88. The molecule has 0 bridgehead atoms. The highest BCUT2D eigenvalue weighted by Crippen LogP contribution is 2.23. The number of carbonyl (C=O) groups excluding carboxylic acids is 2. The maximum absolute atomic E-state index is 11.9. The van der Waals surface area contributed by atoms with Gasteiger partial charge in [-0.3, -0.25) is 9.59 Å². The summed E-state index contributed by atoms with van der Waals surface area (Å²) in [5.41, 5.74) is 7.96. The van der Waals surface area contributed by atoms with Crippen molar-refractivity contribution in [2.24, 2.45) is 5.73 Å². The standard InChI is InChI=1S/C13H17N3O2/c1-2-10(14)7-15-13(18)8-3-4-11-9(5-8)6-12(17)16-11/h3-5,10H,2,6-7,14H2,1H3,(H,15,18)(H,16,17). The summed E-state index contributed by atoms with van der Waals surface area (Å²) < 4.78 is 0. The Balaban J connectivity index is 2.04. The van der Waals surface area contributed by atoms with E-state index < -0.39 is 0 Å². The van der Waals surface area contributed by atoms with Gasteiger partial charge in [-0.05, 0) is 30.2 Å². The topological polar surface area (TPSA) is 84.2 Å². The quantitative estimate of drug-likeness (QED) is 0.730. The largest absolute Gasteiger partial charge is 0.350 e. The number of hydrogen-bond donors (Lipinski definition) is 3. The molecule has 0 radical (unpaired) electrons. The molecule has 1 aromatic carbocycles. The number of amides is 2. The molecule has 4 N–H and O–H groups in total. The van der Waals surface area contributed by atoms with E-state index in [4.69, 9.17) is 5.73 Å². The minimum Gasteiger partial charge on any atom is -0.350 e.